The highest BCUT2D eigenvalue weighted by Crippen LogP contribution is 2.33. The summed E-state index contributed by atoms with van der Waals surface area (Å²) in [5.41, 5.74) is 5.17. The summed E-state index contributed by atoms with van der Waals surface area (Å²) in [6.07, 6.45) is 6.77. The second kappa shape index (κ2) is 7.03. The average molecular weight is 375 g/mol. The summed E-state index contributed by atoms with van der Waals surface area (Å²) >= 11 is 0. The van der Waals surface area contributed by atoms with E-state index >= 15 is 0 Å². The second-order valence-electron chi connectivity index (χ2n) is 7.08. The second-order valence-corrected chi connectivity index (χ2v) is 7.08. The molecule has 4 aromatic rings. The molecule has 142 valence electrons. The molecule has 1 N–H and O–H groups in total. The number of hydrogen-bond donors (Lipinski definition) is 1. The summed E-state index contributed by atoms with van der Waals surface area (Å²) in [6, 6.07) is 11.7. The number of H-pyrrole nitrogens is 1. The van der Waals surface area contributed by atoms with Crippen LogP contribution >= 0.6 is 0 Å². The van der Waals surface area contributed by atoms with Crippen molar-refractivity contribution in [2.45, 2.75) is 31.8 Å². The standard InChI is InChI=1S/C22H21N3O3/c1-26-18-5-4-16(24-12-18)13-27-17-6-7-21-20(11-17)25-22(28-21)15-3-2-14-8-9-23-19(14)10-15/h4-9,11-12,15,23H,2-3,10,13H2,1H3. The van der Waals surface area contributed by atoms with Gasteiger partial charge in [0.1, 0.15) is 23.6 Å². The molecule has 0 spiro atoms. The zero-order valence-corrected chi connectivity index (χ0v) is 15.6. The number of aromatic nitrogens is 3. The third-order valence-corrected chi connectivity index (χ3v) is 5.29. The highest BCUT2D eigenvalue weighted by molar-refractivity contribution is 5.74. The monoisotopic (exact) mass is 375 g/mol. The van der Waals surface area contributed by atoms with Crippen molar-refractivity contribution in [1.29, 1.82) is 0 Å². The Morgan fingerprint density at radius 1 is 1.18 bits per heavy atom. The molecular formula is C22H21N3O3. The normalized spacial score (nSPS) is 16.1. The van der Waals surface area contributed by atoms with Crippen LogP contribution in [0.5, 0.6) is 11.5 Å². The molecule has 6 nitrogen and oxygen atoms in total. The Kier molecular flexibility index (Phi) is 4.24. The summed E-state index contributed by atoms with van der Waals surface area (Å²) in [7, 11) is 1.62. The van der Waals surface area contributed by atoms with Gasteiger partial charge in [-0.15, -0.1) is 0 Å². The van der Waals surface area contributed by atoms with Gasteiger partial charge in [0.15, 0.2) is 11.5 Å². The number of rotatable bonds is 5. The summed E-state index contributed by atoms with van der Waals surface area (Å²) in [5.74, 6) is 2.60. The van der Waals surface area contributed by atoms with Gasteiger partial charge in [0.25, 0.3) is 0 Å². The van der Waals surface area contributed by atoms with Crippen LogP contribution in [0.1, 0.15) is 35.2 Å². The zero-order valence-electron chi connectivity index (χ0n) is 15.6. The Labute approximate surface area is 162 Å². The lowest BCUT2D eigenvalue weighted by Crippen LogP contribution is -2.12. The number of oxazole rings is 1. The third kappa shape index (κ3) is 3.22. The molecule has 1 atom stereocenters. The number of aryl methyl sites for hydroxylation is 1. The van der Waals surface area contributed by atoms with Crippen LogP contribution in [0.2, 0.25) is 0 Å². The molecule has 28 heavy (non-hydrogen) atoms. The molecule has 1 aliphatic carbocycles. The van der Waals surface area contributed by atoms with Crippen LogP contribution in [0.15, 0.2) is 53.2 Å². The lowest BCUT2D eigenvalue weighted by atomic mass is 9.88. The molecule has 0 saturated heterocycles. The lowest BCUT2D eigenvalue weighted by molar-refractivity contribution is 0.301. The van der Waals surface area contributed by atoms with Crippen molar-refractivity contribution in [2.75, 3.05) is 7.11 Å². The van der Waals surface area contributed by atoms with Gasteiger partial charge in [0.05, 0.1) is 19.0 Å². The summed E-state index contributed by atoms with van der Waals surface area (Å²) in [6.45, 7) is 0.387. The van der Waals surface area contributed by atoms with E-state index in [-0.39, 0.29) is 0 Å². The van der Waals surface area contributed by atoms with Gasteiger partial charge in [-0.05, 0) is 55.2 Å². The third-order valence-electron chi connectivity index (χ3n) is 5.29. The predicted octanol–water partition coefficient (Wildman–Crippen LogP) is 4.41. The van der Waals surface area contributed by atoms with Gasteiger partial charge in [0, 0.05) is 23.9 Å². The highest BCUT2D eigenvalue weighted by atomic mass is 16.5. The van der Waals surface area contributed by atoms with E-state index in [1.807, 2.05) is 36.5 Å². The first-order valence-corrected chi connectivity index (χ1v) is 9.46. The van der Waals surface area contributed by atoms with Crippen molar-refractivity contribution in [1.82, 2.24) is 15.0 Å². The molecular weight excluding hydrogens is 354 g/mol. The highest BCUT2D eigenvalue weighted by Gasteiger charge is 2.25. The quantitative estimate of drug-likeness (QED) is 0.559. The minimum Gasteiger partial charge on any atom is -0.495 e. The maximum Gasteiger partial charge on any atom is 0.198 e. The first-order chi connectivity index (χ1) is 13.8. The van der Waals surface area contributed by atoms with Gasteiger partial charge in [-0.3, -0.25) is 4.98 Å². The van der Waals surface area contributed by atoms with Gasteiger partial charge in [-0.1, -0.05) is 0 Å². The molecule has 3 aromatic heterocycles. The number of nitrogens with zero attached hydrogens (tertiary/aromatic N) is 2. The van der Waals surface area contributed by atoms with E-state index < -0.39 is 0 Å². The molecule has 1 aliphatic rings. The molecule has 0 amide bonds. The van der Waals surface area contributed by atoms with Gasteiger partial charge < -0.3 is 18.9 Å². The number of ether oxygens (including phenoxy) is 2. The molecule has 0 aliphatic heterocycles. The Bertz CT molecular complexity index is 1100. The fraction of sp³-hybridized carbons (Fsp3) is 0.273. The minimum atomic E-state index is 0.311. The number of fused-ring (bicyclic) bond motifs is 2. The number of pyridine rings is 1. The van der Waals surface area contributed by atoms with E-state index in [1.165, 1.54) is 11.3 Å². The van der Waals surface area contributed by atoms with Crippen molar-refractivity contribution in [3.8, 4) is 11.5 Å². The minimum absolute atomic E-state index is 0.311. The Morgan fingerprint density at radius 2 is 2.11 bits per heavy atom. The molecule has 0 saturated carbocycles. The number of hydrogen-bond acceptors (Lipinski definition) is 5. The SMILES string of the molecule is COc1ccc(COc2ccc3oc(C4CCc5cc[nH]c5C4)nc3c2)nc1. The topological polar surface area (TPSA) is 73.2 Å². The van der Waals surface area contributed by atoms with E-state index in [4.69, 9.17) is 18.9 Å². The fourth-order valence-corrected chi connectivity index (χ4v) is 3.71. The Hall–Kier alpha value is -3.28. The summed E-state index contributed by atoms with van der Waals surface area (Å²) < 4.78 is 17.0. The van der Waals surface area contributed by atoms with Crippen LogP contribution in [-0.4, -0.2) is 22.1 Å². The van der Waals surface area contributed by atoms with Gasteiger partial charge >= 0.3 is 0 Å². The van der Waals surface area contributed by atoms with Gasteiger partial charge in [0.2, 0.25) is 0 Å². The molecule has 1 aromatic carbocycles. The number of methoxy groups -OCH3 is 1. The van der Waals surface area contributed by atoms with Crippen molar-refractivity contribution in [2.24, 2.45) is 0 Å². The molecule has 0 fully saturated rings. The van der Waals surface area contributed by atoms with Crippen LogP contribution in [0, 0.1) is 0 Å². The van der Waals surface area contributed by atoms with Crippen LogP contribution in [0.4, 0.5) is 0 Å². The molecule has 5 rings (SSSR count). The van der Waals surface area contributed by atoms with Crippen molar-refractivity contribution >= 4 is 11.1 Å². The van der Waals surface area contributed by atoms with Crippen molar-refractivity contribution in [3.63, 3.8) is 0 Å². The van der Waals surface area contributed by atoms with E-state index in [0.717, 1.165) is 53.4 Å². The average Bonchev–Trinajstić information content (AvgIpc) is 3.38. The smallest absolute Gasteiger partial charge is 0.198 e. The molecule has 3 heterocycles. The first-order valence-electron chi connectivity index (χ1n) is 9.46. The van der Waals surface area contributed by atoms with E-state index in [1.54, 1.807) is 13.3 Å². The van der Waals surface area contributed by atoms with E-state index in [9.17, 15) is 0 Å². The summed E-state index contributed by atoms with van der Waals surface area (Å²) in [4.78, 5) is 12.4. The number of nitrogens with one attached hydrogen (secondary N) is 1. The summed E-state index contributed by atoms with van der Waals surface area (Å²) in [5, 5.41) is 0. The van der Waals surface area contributed by atoms with Gasteiger partial charge in [-0.25, -0.2) is 4.98 Å². The lowest BCUT2D eigenvalue weighted by Gasteiger charge is -2.19. The van der Waals surface area contributed by atoms with Crippen LogP contribution in [0.25, 0.3) is 11.1 Å². The maximum atomic E-state index is 6.04. The fourth-order valence-electron chi connectivity index (χ4n) is 3.71. The number of benzene rings is 1. The van der Waals surface area contributed by atoms with Gasteiger partial charge in [-0.2, -0.15) is 0 Å². The molecule has 0 bridgehead atoms. The van der Waals surface area contributed by atoms with Crippen molar-refractivity contribution < 1.29 is 13.9 Å². The van der Waals surface area contributed by atoms with Crippen LogP contribution in [0.3, 0.4) is 0 Å². The largest absolute Gasteiger partial charge is 0.495 e. The predicted molar refractivity (Wildman–Crippen MR) is 105 cm³/mol. The van der Waals surface area contributed by atoms with E-state index in [2.05, 4.69) is 16.0 Å². The van der Waals surface area contributed by atoms with E-state index in [0.29, 0.717) is 12.5 Å². The van der Waals surface area contributed by atoms with Crippen LogP contribution in [-0.2, 0) is 19.4 Å². The Morgan fingerprint density at radius 3 is 2.96 bits per heavy atom. The van der Waals surface area contributed by atoms with Crippen molar-refractivity contribution in [3.05, 3.63) is 71.6 Å². The molecule has 6 heteroatoms. The Balaban J connectivity index is 1.31. The van der Waals surface area contributed by atoms with Crippen LogP contribution < -0.4 is 9.47 Å². The first kappa shape index (κ1) is 16.9. The molecule has 0 radical (unpaired) electrons. The maximum absolute atomic E-state index is 6.04. The zero-order chi connectivity index (χ0) is 18.9. The molecule has 1 unspecified atom stereocenters. The number of aromatic amines is 1.